The summed E-state index contributed by atoms with van der Waals surface area (Å²) < 4.78 is 15.6. The molecule has 0 fully saturated rings. The van der Waals surface area contributed by atoms with Crippen LogP contribution in [0, 0.1) is 17.1 Å². The molecular weight excluding hydrogens is 265 g/mol. The summed E-state index contributed by atoms with van der Waals surface area (Å²) in [6, 6.07) is 14.6. The molecule has 1 N–H and O–H groups in total. The highest BCUT2D eigenvalue weighted by atomic mass is 19.1. The van der Waals surface area contributed by atoms with Gasteiger partial charge < -0.3 is 9.88 Å². The van der Waals surface area contributed by atoms with Crippen LogP contribution in [-0.4, -0.2) is 4.57 Å². The van der Waals surface area contributed by atoms with Crippen LogP contribution >= 0.6 is 0 Å². The van der Waals surface area contributed by atoms with Gasteiger partial charge in [0.2, 0.25) is 0 Å². The minimum absolute atomic E-state index is 0.0535. The van der Waals surface area contributed by atoms with Gasteiger partial charge in [0.1, 0.15) is 17.4 Å². The molecule has 2 aromatic carbocycles. The monoisotopic (exact) mass is 279 g/mol. The van der Waals surface area contributed by atoms with Gasteiger partial charge in [0.05, 0.1) is 5.69 Å². The Morgan fingerprint density at radius 1 is 1.19 bits per heavy atom. The number of hydrogen-bond acceptors (Lipinski definition) is 2. The van der Waals surface area contributed by atoms with Crippen molar-refractivity contribution in [2.24, 2.45) is 7.05 Å². The average Bonchev–Trinajstić information content (AvgIpc) is 2.82. The van der Waals surface area contributed by atoms with E-state index < -0.39 is 5.82 Å². The van der Waals surface area contributed by atoms with Crippen LogP contribution in [0.5, 0.6) is 0 Å². The summed E-state index contributed by atoms with van der Waals surface area (Å²) in [6.45, 7) is 0.541. The van der Waals surface area contributed by atoms with Crippen molar-refractivity contribution in [1.82, 2.24) is 4.57 Å². The molecule has 0 bridgehead atoms. The second kappa shape index (κ2) is 5.29. The number of nitriles is 1. The van der Waals surface area contributed by atoms with E-state index in [2.05, 4.69) is 22.0 Å². The lowest BCUT2D eigenvalue weighted by atomic mass is 10.1. The lowest BCUT2D eigenvalue weighted by molar-refractivity contribution is 0.624. The van der Waals surface area contributed by atoms with Crippen molar-refractivity contribution in [3.05, 3.63) is 65.6 Å². The van der Waals surface area contributed by atoms with Crippen LogP contribution in [0.25, 0.3) is 10.9 Å². The molecule has 0 saturated heterocycles. The van der Waals surface area contributed by atoms with Crippen molar-refractivity contribution < 1.29 is 4.39 Å². The first kappa shape index (κ1) is 13.2. The van der Waals surface area contributed by atoms with Gasteiger partial charge in [0, 0.05) is 30.7 Å². The molecule has 3 rings (SSSR count). The van der Waals surface area contributed by atoms with Crippen LogP contribution in [0.4, 0.5) is 10.1 Å². The molecule has 0 amide bonds. The van der Waals surface area contributed by atoms with E-state index >= 15 is 0 Å². The maximum atomic E-state index is 13.6. The third kappa shape index (κ3) is 2.34. The number of halogens is 1. The number of rotatable bonds is 3. The molecule has 3 aromatic rings. The zero-order valence-corrected chi connectivity index (χ0v) is 11.6. The van der Waals surface area contributed by atoms with Crippen LogP contribution < -0.4 is 5.32 Å². The molecular formula is C17H14FN3. The molecule has 0 radical (unpaired) electrons. The van der Waals surface area contributed by atoms with Crippen LogP contribution in [0.15, 0.2) is 48.7 Å². The smallest absolute Gasteiger partial charge is 0.143 e. The third-order valence-corrected chi connectivity index (χ3v) is 3.57. The summed E-state index contributed by atoms with van der Waals surface area (Å²) in [5.41, 5.74) is 2.83. The second-order valence-corrected chi connectivity index (χ2v) is 4.91. The number of aryl methyl sites for hydroxylation is 1. The molecule has 0 spiro atoms. The number of anilines is 1. The summed E-state index contributed by atoms with van der Waals surface area (Å²) in [7, 11) is 1.99. The molecule has 0 aliphatic carbocycles. The molecule has 0 atom stereocenters. The van der Waals surface area contributed by atoms with E-state index in [1.807, 2.05) is 31.4 Å². The van der Waals surface area contributed by atoms with Crippen molar-refractivity contribution in [3.8, 4) is 6.07 Å². The minimum atomic E-state index is -0.500. The molecule has 104 valence electrons. The van der Waals surface area contributed by atoms with E-state index in [1.54, 1.807) is 12.1 Å². The minimum Gasteiger partial charge on any atom is -0.380 e. The molecule has 0 unspecified atom stereocenters. The second-order valence-electron chi connectivity index (χ2n) is 4.91. The summed E-state index contributed by atoms with van der Waals surface area (Å²) in [4.78, 5) is 0. The van der Waals surface area contributed by atoms with Gasteiger partial charge in [0.25, 0.3) is 0 Å². The normalized spacial score (nSPS) is 10.5. The molecule has 4 heteroatoms. The van der Waals surface area contributed by atoms with Crippen LogP contribution in [0.2, 0.25) is 0 Å². The van der Waals surface area contributed by atoms with Crippen molar-refractivity contribution in [2.45, 2.75) is 6.54 Å². The van der Waals surface area contributed by atoms with Gasteiger partial charge in [-0.2, -0.15) is 5.26 Å². The Kier molecular flexibility index (Phi) is 3.33. The van der Waals surface area contributed by atoms with Crippen LogP contribution in [-0.2, 0) is 13.6 Å². The Morgan fingerprint density at radius 3 is 2.81 bits per heavy atom. The van der Waals surface area contributed by atoms with Gasteiger partial charge in [0.15, 0.2) is 0 Å². The molecule has 21 heavy (non-hydrogen) atoms. The van der Waals surface area contributed by atoms with Gasteiger partial charge in [-0.1, -0.05) is 24.3 Å². The van der Waals surface area contributed by atoms with Crippen LogP contribution in [0.1, 0.15) is 11.1 Å². The van der Waals surface area contributed by atoms with E-state index in [9.17, 15) is 4.39 Å². The molecule has 1 aromatic heterocycles. The average molecular weight is 279 g/mol. The fraction of sp³-hybridized carbons (Fsp3) is 0.118. The zero-order chi connectivity index (χ0) is 14.8. The predicted molar refractivity (Wildman–Crippen MR) is 81.4 cm³/mol. The van der Waals surface area contributed by atoms with Gasteiger partial charge in [-0.25, -0.2) is 4.39 Å². The first-order valence-corrected chi connectivity index (χ1v) is 6.66. The quantitative estimate of drug-likeness (QED) is 0.792. The maximum Gasteiger partial charge on any atom is 0.143 e. The molecule has 1 heterocycles. The number of aromatic nitrogens is 1. The Labute approximate surface area is 122 Å². The Balaban J connectivity index is 1.91. The van der Waals surface area contributed by atoms with Crippen molar-refractivity contribution in [2.75, 3.05) is 5.32 Å². The molecule has 0 aliphatic rings. The topological polar surface area (TPSA) is 40.8 Å². The first-order chi connectivity index (χ1) is 10.2. The van der Waals surface area contributed by atoms with E-state index in [0.29, 0.717) is 12.2 Å². The summed E-state index contributed by atoms with van der Waals surface area (Å²) in [5, 5.41) is 13.3. The van der Waals surface area contributed by atoms with Crippen LogP contribution in [0.3, 0.4) is 0 Å². The lowest BCUT2D eigenvalue weighted by Crippen LogP contribution is -2.02. The SMILES string of the molecule is Cn1cc(CNc2cccc(F)c2C#N)c2ccccc21. The van der Waals surface area contributed by atoms with Crippen molar-refractivity contribution >= 4 is 16.6 Å². The predicted octanol–water partition coefficient (Wildman–Crippen LogP) is 3.80. The standard InChI is InChI=1S/C17H14FN3/c1-21-11-12(13-5-2-3-8-17(13)21)10-20-16-7-4-6-15(18)14(16)9-19/h2-8,11,20H,10H2,1H3. The lowest BCUT2D eigenvalue weighted by Gasteiger charge is -2.08. The molecule has 0 saturated carbocycles. The Morgan fingerprint density at radius 2 is 2.00 bits per heavy atom. The fourth-order valence-electron chi connectivity index (χ4n) is 2.54. The van der Waals surface area contributed by atoms with E-state index in [0.717, 1.165) is 16.5 Å². The first-order valence-electron chi connectivity index (χ1n) is 6.66. The number of nitrogens with one attached hydrogen (secondary N) is 1. The zero-order valence-electron chi connectivity index (χ0n) is 11.6. The highest BCUT2D eigenvalue weighted by Gasteiger charge is 2.09. The third-order valence-electron chi connectivity index (χ3n) is 3.57. The van der Waals surface area contributed by atoms with E-state index in [1.165, 1.54) is 6.07 Å². The van der Waals surface area contributed by atoms with Gasteiger partial charge in [-0.3, -0.25) is 0 Å². The Bertz CT molecular complexity index is 843. The highest BCUT2D eigenvalue weighted by Crippen LogP contribution is 2.23. The molecule has 3 nitrogen and oxygen atoms in total. The highest BCUT2D eigenvalue weighted by molar-refractivity contribution is 5.84. The van der Waals surface area contributed by atoms with Crippen molar-refractivity contribution in [3.63, 3.8) is 0 Å². The number of para-hydroxylation sites is 1. The molecule has 0 aliphatic heterocycles. The number of nitrogens with zero attached hydrogens (tertiary/aromatic N) is 2. The van der Waals surface area contributed by atoms with Gasteiger partial charge >= 0.3 is 0 Å². The summed E-state index contributed by atoms with van der Waals surface area (Å²) in [6.07, 6.45) is 2.04. The summed E-state index contributed by atoms with van der Waals surface area (Å²) >= 11 is 0. The number of fused-ring (bicyclic) bond motifs is 1. The van der Waals surface area contributed by atoms with Crippen molar-refractivity contribution in [1.29, 1.82) is 5.26 Å². The Hall–Kier alpha value is -2.80. The number of hydrogen-bond donors (Lipinski definition) is 1. The van der Waals surface area contributed by atoms with Gasteiger partial charge in [-0.15, -0.1) is 0 Å². The maximum absolute atomic E-state index is 13.6. The van der Waals surface area contributed by atoms with E-state index in [4.69, 9.17) is 5.26 Å². The largest absolute Gasteiger partial charge is 0.380 e. The van der Waals surface area contributed by atoms with E-state index in [-0.39, 0.29) is 5.56 Å². The number of benzene rings is 2. The summed E-state index contributed by atoms with van der Waals surface area (Å²) in [5.74, 6) is -0.500. The fourth-order valence-corrected chi connectivity index (χ4v) is 2.54. The van der Waals surface area contributed by atoms with Gasteiger partial charge in [-0.05, 0) is 23.8 Å².